The number of nitrogens with zero attached hydrogens (tertiary/aromatic N) is 2. The first-order valence-corrected chi connectivity index (χ1v) is 8.36. The minimum absolute atomic E-state index is 0.151. The molecule has 1 aromatic heterocycles. The maximum absolute atomic E-state index is 12.3. The van der Waals surface area contributed by atoms with Crippen LogP contribution in [0, 0.1) is 6.92 Å². The molecule has 0 bridgehead atoms. The van der Waals surface area contributed by atoms with Gasteiger partial charge in [-0.2, -0.15) is 0 Å². The number of hydrogen-bond donors (Lipinski definition) is 3. The first-order chi connectivity index (χ1) is 13.0. The van der Waals surface area contributed by atoms with Crippen LogP contribution >= 0.6 is 0 Å². The summed E-state index contributed by atoms with van der Waals surface area (Å²) in [7, 11) is 0. The van der Waals surface area contributed by atoms with Crippen LogP contribution < -0.4 is 16.0 Å². The predicted molar refractivity (Wildman–Crippen MR) is 105 cm³/mol. The zero-order chi connectivity index (χ0) is 19.2. The Balaban J connectivity index is 1.63. The number of carbonyl (C=O) groups excluding carboxylic acids is 2. The maximum atomic E-state index is 12.3. The molecule has 1 heterocycles. The molecular weight excluding hydrogens is 342 g/mol. The van der Waals surface area contributed by atoms with Gasteiger partial charge in [-0.1, -0.05) is 18.2 Å². The monoisotopic (exact) mass is 361 g/mol. The van der Waals surface area contributed by atoms with Crippen molar-refractivity contribution in [3.8, 4) is 0 Å². The number of amides is 2. The van der Waals surface area contributed by atoms with E-state index >= 15 is 0 Å². The molecule has 0 saturated carbocycles. The topological polar surface area (TPSA) is 96.0 Å². The van der Waals surface area contributed by atoms with E-state index in [0.29, 0.717) is 17.2 Å². The fourth-order valence-corrected chi connectivity index (χ4v) is 2.41. The Morgan fingerprint density at radius 3 is 2.07 bits per heavy atom. The SMILES string of the molecule is CC(=O)Nc1ccc(NC(=O)c2ccc(Nc3ccccc3C)nn2)cc1. The van der Waals surface area contributed by atoms with E-state index in [4.69, 9.17) is 0 Å². The van der Waals surface area contributed by atoms with Gasteiger partial charge >= 0.3 is 0 Å². The number of hydrogen-bond acceptors (Lipinski definition) is 5. The molecule has 0 aliphatic rings. The predicted octanol–water partition coefficient (Wildman–Crippen LogP) is 3.74. The molecule has 3 aromatic rings. The van der Waals surface area contributed by atoms with Gasteiger partial charge in [0.25, 0.3) is 5.91 Å². The summed E-state index contributed by atoms with van der Waals surface area (Å²) in [5, 5.41) is 16.6. The average molecular weight is 361 g/mol. The van der Waals surface area contributed by atoms with Gasteiger partial charge in [0.1, 0.15) is 0 Å². The lowest BCUT2D eigenvalue weighted by Crippen LogP contribution is -2.14. The molecular formula is C20H19N5O2. The zero-order valence-corrected chi connectivity index (χ0v) is 15.0. The van der Waals surface area contributed by atoms with Crippen LogP contribution in [0.25, 0.3) is 0 Å². The van der Waals surface area contributed by atoms with Gasteiger partial charge in [-0.3, -0.25) is 9.59 Å². The van der Waals surface area contributed by atoms with E-state index in [9.17, 15) is 9.59 Å². The van der Waals surface area contributed by atoms with E-state index in [2.05, 4.69) is 26.1 Å². The van der Waals surface area contributed by atoms with E-state index in [-0.39, 0.29) is 17.5 Å². The maximum Gasteiger partial charge on any atom is 0.276 e. The Kier molecular flexibility index (Phi) is 5.41. The molecule has 7 nitrogen and oxygen atoms in total. The molecule has 0 fully saturated rings. The van der Waals surface area contributed by atoms with Crippen molar-refractivity contribution in [2.75, 3.05) is 16.0 Å². The van der Waals surface area contributed by atoms with Crippen LogP contribution in [0.1, 0.15) is 23.0 Å². The number of para-hydroxylation sites is 1. The van der Waals surface area contributed by atoms with Gasteiger partial charge in [0.05, 0.1) is 0 Å². The molecule has 0 aliphatic heterocycles. The molecule has 0 unspecified atom stereocenters. The number of rotatable bonds is 5. The van der Waals surface area contributed by atoms with Crippen molar-refractivity contribution in [1.29, 1.82) is 0 Å². The van der Waals surface area contributed by atoms with Crippen LogP contribution in [0.2, 0.25) is 0 Å². The third kappa shape index (κ3) is 4.88. The van der Waals surface area contributed by atoms with Crippen molar-refractivity contribution < 1.29 is 9.59 Å². The van der Waals surface area contributed by atoms with Crippen molar-refractivity contribution in [1.82, 2.24) is 10.2 Å². The van der Waals surface area contributed by atoms with Gasteiger partial charge in [-0.15, -0.1) is 10.2 Å². The molecule has 3 N–H and O–H groups in total. The highest BCUT2D eigenvalue weighted by Crippen LogP contribution is 2.18. The van der Waals surface area contributed by atoms with E-state index in [1.54, 1.807) is 36.4 Å². The van der Waals surface area contributed by atoms with Crippen molar-refractivity contribution in [3.05, 3.63) is 71.9 Å². The average Bonchev–Trinajstić information content (AvgIpc) is 2.65. The quantitative estimate of drug-likeness (QED) is 0.643. The molecule has 136 valence electrons. The standard InChI is InChI=1S/C20H19N5O2/c1-13-5-3-4-6-17(13)23-19-12-11-18(24-25-19)20(27)22-16-9-7-15(8-10-16)21-14(2)26/h3-12H,1-2H3,(H,21,26)(H,22,27)(H,23,25). The highest BCUT2D eigenvalue weighted by atomic mass is 16.2. The van der Waals surface area contributed by atoms with E-state index in [1.807, 2.05) is 31.2 Å². The summed E-state index contributed by atoms with van der Waals surface area (Å²) in [5.74, 6) is 0.0409. The lowest BCUT2D eigenvalue weighted by molar-refractivity contribution is -0.114. The number of anilines is 4. The second-order valence-corrected chi connectivity index (χ2v) is 5.96. The van der Waals surface area contributed by atoms with Gasteiger partial charge in [0.2, 0.25) is 5.91 Å². The normalized spacial score (nSPS) is 10.1. The van der Waals surface area contributed by atoms with E-state index in [1.165, 1.54) is 6.92 Å². The minimum Gasteiger partial charge on any atom is -0.339 e. The summed E-state index contributed by atoms with van der Waals surface area (Å²) in [6.45, 7) is 3.43. The fourth-order valence-electron chi connectivity index (χ4n) is 2.41. The third-order valence-corrected chi connectivity index (χ3v) is 3.77. The molecule has 0 atom stereocenters. The first-order valence-electron chi connectivity index (χ1n) is 8.36. The number of carbonyl (C=O) groups is 2. The number of nitrogens with one attached hydrogen (secondary N) is 3. The van der Waals surface area contributed by atoms with Crippen LogP contribution in [0.5, 0.6) is 0 Å². The summed E-state index contributed by atoms with van der Waals surface area (Å²) < 4.78 is 0. The van der Waals surface area contributed by atoms with Crippen LogP contribution in [0.4, 0.5) is 22.9 Å². The van der Waals surface area contributed by atoms with Gasteiger partial charge in [0.15, 0.2) is 11.5 Å². The smallest absolute Gasteiger partial charge is 0.276 e. The molecule has 0 saturated heterocycles. The van der Waals surface area contributed by atoms with E-state index < -0.39 is 0 Å². The number of benzene rings is 2. The Morgan fingerprint density at radius 1 is 0.815 bits per heavy atom. The van der Waals surface area contributed by atoms with Crippen molar-refractivity contribution >= 4 is 34.7 Å². The minimum atomic E-state index is -0.364. The molecule has 3 rings (SSSR count). The van der Waals surface area contributed by atoms with Crippen LogP contribution in [-0.4, -0.2) is 22.0 Å². The Bertz CT molecular complexity index is 953. The molecule has 7 heteroatoms. The van der Waals surface area contributed by atoms with Crippen molar-refractivity contribution in [2.24, 2.45) is 0 Å². The lowest BCUT2D eigenvalue weighted by atomic mass is 10.2. The summed E-state index contributed by atoms with van der Waals surface area (Å²) in [6, 6.07) is 18.0. The van der Waals surface area contributed by atoms with Gasteiger partial charge in [-0.25, -0.2) is 0 Å². The lowest BCUT2D eigenvalue weighted by Gasteiger charge is -2.09. The molecule has 0 spiro atoms. The van der Waals surface area contributed by atoms with Gasteiger partial charge < -0.3 is 16.0 Å². The summed E-state index contributed by atoms with van der Waals surface area (Å²) in [5.41, 5.74) is 3.48. The summed E-state index contributed by atoms with van der Waals surface area (Å²) in [4.78, 5) is 23.3. The zero-order valence-electron chi connectivity index (χ0n) is 15.0. The van der Waals surface area contributed by atoms with E-state index in [0.717, 1.165) is 11.3 Å². The Labute approximate surface area is 156 Å². The highest BCUT2D eigenvalue weighted by molar-refractivity contribution is 6.03. The fraction of sp³-hybridized carbons (Fsp3) is 0.100. The Hall–Kier alpha value is -3.74. The second kappa shape index (κ2) is 8.09. The second-order valence-electron chi connectivity index (χ2n) is 5.96. The molecule has 27 heavy (non-hydrogen) atoms. The van der Waals surface area contributed by atoms with Crippen LogP contribution in [0.15, 0.2) is 60.7 Å². The van der Waals surface area contributed by atoms with Crippen molar-refractivity contribution in [3.63, 3.8) is 0 Å². The molecule has 2 aromatic carbocycles. The molecule has 0 radical (unpaired) electrons. The number of aromatic nitrogens is 2. The Morgan fingerprint density at radius 2 is 1.48 bits per heavy atom. The largest absolute Gasteiger partial charge is 0.339 e. The van der Waals surface area contributed by atoms with Crippen LogP contribution in [0.3, 0.4) is 0 Å². The first kappa shape index (κ1) is 18.1. The summed E-state index contributed by atoms with van der Waals surface area (Å²) >= 11 is 0. The van der Waals surface area contributed by atoms with Crippen molar-refractivity contribution in [2.45, 2.75) is 13.8 Å². The van der Waals surface area contributed by atoms with Gasteiger partial charge in [0, 0.05) is 24.0 Å². The summed E-state index contributed by atoms with van der Waals surface area (Å²) in [6.07, 6.45) is 0. The van der Waals surface area contributed by atoms with Crippen LogP contribution in [-0.2, 0) is 4.79 Å². The van der Waals surface area contributed by atoms with Gasteiger partial charge in [-0.05, 0) is 55.0 Å². The molecule has 0 aliphatic carbocycles. The molecule has 2 amide bonds. The third-order valence-electron chi connectivity index (χ3n) is 3.77. The number of aryl methyl sites for hydroxylation is 1. The highest BCUT2D eigenvalue weighted by Gasteiger charge is 2.09.